The van der Waals surface area contributed by atoms with Crippen LogP contribution in [0.4, 0.5) is 13.2 Å². The highest BCUT2D eigenvalue weighted by molar-refractivity contribution is 5.20. The molecule has 0 aliphatic heterocycles. The van der Waals surface area contributed by atoms with E-state index in [2.05, 4.69) is 5.10 Å². The van der Waals surface area contributed by atoms with Crippen LogP contribution in [0.15, 0.2) is 6.20 Å². The van der Waals surface area contributed by atoms with Crippen molar-refractivity contribution in [2.75, 3.05) is 0 Å². The molecule has 0 aliphatic rings. The Balaban J connectivity index is 3.24. The molecule has 0 aliphatic carbocycles. The number of rotatable bonds is 1. The number of aromatic nitrogens is 2. The Morgan fingerprint density at radius 2 is 1.87 bits per heavy atom. The Morgan fingerprint density at radius 3 is 2.13 bits per heavy atom. The van der Waals surface area contributed by atoms with E-state index in [1.807, 2.05) is 0 Å². The van der Waals surface area contributed by atoms with E-state index in [1.165, 1.54) is 10.9 Å². The molecule has 6 heteroatoms. The molecule has 1 aromatic rings. The topological polar surface area (TPSA) is 43.8 Å². The first-order valence-corrected chi connectivity index (χ1v) is 4.52. The molecule has 1 aromatic heterocycles. The van der Waals surface area contributed by atoms with Gasteiger partial charge in [0.2, 0.25) is 0 Å². The average molecular weight is 221 g/mol. The van der Waals surface area contributed by atoms with Crippen molar-refractivity contribution in [3.8, 4) is 0 Å². The zero-order chi connectivity index (χ0) is 11.9. The summed E-state index contributed by atoms with van der Waals surface area (Å²) in [4.78, 5) is 0. The second-order valence-electron chi connectivity index (χ2n) is 4.32. The van der Waals surface area contributed by atoms with Crippen molar-refractivity contribution in [3.05, 3.63) is 17.5 Å². The van der Waals surface area contributed by atoms with Gasteiger partial charge < -0.3 is 5.73 Å². The summed E-state index contributed by atoms with van der Waals surface area (Å²) in [6.07, 6.45) is -3.09. The van der Waals surface area contributed by atoms with E-state index >= 15 is 0 Å². The fourth-order valence-electron chi connectivity index (χ4n) is 1.14. The van der Waals surface area contributed by atoms with Crippen molar-refractivity contribution < 1.29 is 13.2 Å². The molecule has 0 atom stereocenters. The number of nitrogens with two attached hydrogens (primary N) is 1. The van der Waals surface area contributed by atoms with Crippen LogP contribution < -0.4 is 5.73 Å². The SMILES string of the molecule is CC(C)(C)n1cc(CN)c(C(F)(F)F)n1. The van der Waals surface area contributed by atoms with Crippen LogP contribution in [-0.2, 0) is 18.3 Å². The lowest BCUT2D eigenvalue weighted by molar-refractivity contribution is -0.142. The molecule has 3 nitrogen and oxygen atoms in total. The minimum atomic E-state index is -4.44. The van der Waals surface area contributed by atoms with E-state index < -0.39 is 17.4 Å². The van der Waals surface area contributed by atoms with Gasteiger partial charge in [0.1, 0.15) is 0 Å². The summed E-state index contributed by atoms with van der Waals surface area (Å²) < 4.78 is 38.8. The first kappa shape index (κ1) is 12.0. The molecule has 86 valence electrons. The summed E-state index contributed by atoms with van der Waals surface area (Å²) in [6, 6.07) is 0. The Hall–Kier alpha value is -1.04. The van der Waals surface area contributed by atoms with Gasteiger partial charge in [-0.25, -0.2) is 0 Å². The molecular weight excluding hydrogens is 207 g/mol. The Morgan fingerprint density at radius 1 is 1.33 bits per heavy atom. The minimum absolute atomic E-state index is 0.0254. The summed E-state index contributed by atoms with van der Waals surface area (Å²) >= 11 is 0. The smallest absolute Gasteiger partial charge is 0.326 e. The maximum atomic E-state index is 12.5. The van der Waals surface area contributed by atoms with Gasteiger partial charge in [0.25, 0.3) is 0 Å². The van der Waals surface area contributed by atoms with Crippen molar-refractivity contribution in [1.29, 1.82) is 0 Å². The fraction of sp³-hybridized carbons (Fsp3) is 0.667. The number of nitrogens with zero attached hydrogens (tertiary/aromatic N) is 2. The minimum Gasteiger partial charge on any atom is -0.326 e. The first-order chi connectivity index (χ1) is 6.66. The van der Waals surface area contributed by atoms with Crippen molar-refractivity contribution >= 4 is 0 Å². The molecule has 2 N–H and O–H groups in total. The Labute approximate surface area is 86.1 Å². The molecule has 1 rings (SSSR count). The quantitative estimate of drug-likeness (QED) is 0.789. The number of hydrogen-bond donors (Lipinski definition) is 1. The van der Waals surface area contributed by atoms with Gasteiger partial charge in [0, 0.05) is 18.3 Å². The molecule has 0 amide bonds. The van der Waals surface area contributed by atoms with Gasteiger partial charge in [-0.3, -0.25) is 4.68 Å². The van der Waals surface area contributed by atoms with E-state index in [0.29, 0.717) is 0 Å². The Bertz CT molecular complexity index is 346. The fourth-order valence-corrected chi connectivity index (χ4v) is 1.14. The van der Waals surface area contributed by atoms with E-state index in [-0.39, 0.29) is 12.1 Å². The molecule has 0 unspecified atom stereocenters. The molecule has 0 aromatic carbocycles. The predicted octanol–water partition coefficient (Wildman–Crippen LogP) is 2.12. The molecular formula is C9H14F3N3. The van der Waals surface area contributed by atoms with E-state index in [0.717, 1.165) is 0 Å². The summed E-state index contributed by atoms with van der Waals surface area (Å²) in [5.41, 5.74) is 3.91. The molecule has 0 bridgehead atoms. The van der Waals surface area contributed by atoms with Crippen LogP contribution in [0.25, 0.3) is 0 Å². The van der Waals surface area contributed by atoms with Crippen LogP contribution in [0.1, 0.15) is 32.0 Å². The first-order valence-electron chi connectivity index (χ1n) is 4.52. The van der Waals surface area contributed by atoms with Crippen molar-refractivity contribution in [3.63, 3.8) is 0 Å². The summed E-state index contributed by atoms with van der Waals surface area (Å²) in [5, 5.41) is 3.54. The number of alkyl halides is 3. The second kappa shape index (κ2) is 3.52. The highest BCUT2D eigenvalue weighted by Crippen LogP contribution is 2.31. The molecule has 0 spiro atoms. The number of halogens is 3. The van der Waals surface area contributed by atoms with Crippen LogP contribution in [0.3, 0.4) is 0 Å². The second-order valence-corrected chi connectivity index (χ2v) is 4.32. The standard InChI is InChI=1S/C9H14F3N3/c1-8(2,3)15-5-6(4-13)7(14-15)9(10,11)12/h5H,4,13H2,1-3H3. The molecule has 1 heterocycles. The summed E-state index contributed by atoms with van der Waals surface area (Å²) in [7, 11) is 0. The summed E-state index contributed by atoms with van der Waals surface area (Å²) in [5.74, 6) is 0. The highest BCUT2D eigenvalue weighted by atomic mass is 19.4. The van der Waals surface area contributed by atoms with Crippen molar-refractivity contribution in [1.82, 2.24) is 9.78 Å². The van der Waals surface area contributed by atoms with Crippen LogP contribution in [-0.4, -0.2) is 9.78 Å². The van der Waals surface area contributed by atoms with Gasteiger partial charge in [-0.15, -0.1) is 0 Å². The maximum Gasteiger partial charge on any atom is 0.435 e. The lowest BCUT2D eigenvalue weighted by Crippen LogP contribution is -2.23. The van der Waals surface area contributed by atoms with Crippen LogP contribution >= 0.6 is 0 Å². The highest BCUT2D eigenvalue weighted by Gasteiger charge is 2.37. The third-order valence-corrected chi connectivity index (χ3v) is 1.97. The lowest BCUT2D eigenvalue weighted by Gasteiger charge is -2.18. The zero-order valence-electron chi connectivity index (χ0n) is 8.89. The molecule has 0 saturated heterocycles. The van der Waals surface area contributed by atoms with Crippen LogP contribution in [0.5, 0.6) is 0 Å². The van der Waals surface area contributed by atoms with Gasteiger partial charge >= 0.3 is 6.18 Å². The molecule has 0 saturated carbocycles. The molecule has 0 fully saturated rings. The van der Waals surface area contributed by atoms with E-state index in [1.54, 1.807) is 20.8 Å². The van der Waals surface area contributed by atoms with Crippen molar-refractivity contribution in [2.45, 2.75) is 39.0 Å². The largest absolute Gasteiger partial charge is 0.435 e. The average Bonchev–Trinajstić information content (AvgIpc) is 2.44. The van der Waals surface area contributed by atoms with E-state index in [4.69, 9.17) is 5.73 Å². The summed E-state index contributed by atoms with van der Waals surface area (Å²) in [6.45, 7) is 5.17. The van der Waals surface area contributed by atoms with E-state index in [9.17, 15) is 13.2 Å². The van der Waals surface area contributed by atoms with Crippen LogP contribution in [0.2, 0.25) is 0 Å². The molecule has 0 radical (unpaired) electrons. The van der Waals surface area contributed by atoms with Gasteiger partial charge in [0.05, 0.1) is 5.54 Å². The normalized spacial score (nSPS) is 13.3. The third kappa shape index (κ3) is 2.50. The zero-order valence-corrected chi connectivity index (χ0v) is 8.89. The maximum absolute atomic E-state index is 12.5. The van der Waals surface area contributed by atoms with Gasteiger partial charge in [-0.05, 0) is 20.8 Å². The number of hydrogen-bond acceptors (Lipinski definition) is 2. The van der Waals surface area contributed by atoms with Crippen LogP contribution in [0, 0.1) is 0 Å². The van der Waals surface area contributed by atoms with Gasteiger partial charge in [0.15, 0.2) is 5.69 Å². The monoisotopic (exact) mass is 221 g/mol. The Kier molecular flexibility index (Phi) is 2.82. The predicted molar refractivity (Wildman–Crippen MR) is 50.1 cm³/mol. The third-order valence-electron chi connectivity index (χ3n) is 1.97. The van der Waals surface area contributed by atoms with Gasteiger partial charge in [-0.1, -0.05) is 0 Å². The lowest BCUT2D eigenvalue weighted by atomic mass is 10.1. The molecule has 15 heavy (non-hydrogen) atoms. The van der Waals surface area contributed by atoms with Gasteiger partial charge in [-0.2, -0.15) is 18.3 Å². The van der Waals surface area contributed by atoms with Crippen molar-refractivity contribution in [2.24, 2.45) is 5.73 Å².